The average molecular weight is 353 g/mol. The Morgan fingerprint density at radius 2 is 1.16 bits per heavy atom. The maximum atomic E-state index is 5.09. The molecule has 1 rings (SSSR count). The van der Waals surface area contributed by atoms with Crippen LogP contribution in [0.1, 0.15) is 116 Å². The molecular weight excluding hydrogens is 308 g/mol. The van der Waals surface area contributed by atoms with Crippen LogP contribution in [-0.4, -0.2) is 26.0 Å². The summed E-state index contributed by atoms with van der Waals surface area (Å²) in [5.41, 5.74) is 4.79. The van der Waals surface area contributed by atoms with Gasteiger partial charge in [0.2, 0.25) is 0 Å². The molecule has 0 heterocycles. The summed E-state index contributed by atoms with van der Waals surface area (Å²) in [5.74, 6) is 0. The van der Waals surface area contributed by atoms with Gasteiger partial charge in [0.1, 0.15) is 0 Å². The summed E-state index contributed by atoms with van der Waals surface area (Å²) < 4.78 is 5.09. The number of unbranched alkanes of at least 4 members (excludes halogenated alkanes) is 5. The second kappa shape index (κ2) is 18.2. The van der Waals surface area contributed by atoms with Gasteiger partial charge in [-0.1, -0.05) is 77.0 Å². The molecule has 0 atom stereocenters. The summed E-state index contributed by atoms with van der Waals surface area (Å²) in [7, 11) is 1.79. The molecule has 0 aromatic rings. The van der Waals surface area contributed by atoms with Crippen LogP contribution in [0.4, 0.5) is 0 Å². The quantitative estimate of drug-likeness (QED) is 0.354. The number of nitrogens with one attached hydrogen (secondary N) is 1. The van der Waals surface area contributed by atoms with Crippen LogP contribution in [0, 0.1) is 0 Å². The lowest BCUT2D eigenvalue weighted by Gasteiger charge is -2.08. The molecule has 25 heavy (non-hydrogen) atoms. The predicted octanol–water partition coefficient (Wildman–Crippen LogP) is 6.61. The standard InChI is InChI=1S/C22H44N2O/c1-25-21-17-13-9-8-12-16-20-23-24-22-18-14-10-6-4-2-3-5-7-11-15-19-22/h23H,2-21H2,1H3. The number of methoxy groups -OCH3 is 1. The minimum absolute atomic E-state index is 0.916. The molecule has 0 saturated heterocycles. The normalized spacial score (nSPS) is 18.0. The molecule has 0 aliphatic heterocycles. The molecule has 0 spiro atoms. The molecule has 1 aliphatic carbocycles. The topological polar surface area (TPSA) is 33.6 Å². The van der Waals surface area contributed by atoms with E-state index < -0.39 is 0 Å². The molecule has 0 bridgehead atoms. The Labute approximate surface area is 157 Å². The van der Waals surface area contributed by atoms with Crippen molar-refractivity contribution in [1.82, 2.24) is 5.43 Å². The van der Waals surface area contributed by atoms with Gasteiger partial charge < -0.3 is 10.2 Å². The number of rotatable bonds is 10. The van der Waals surface area contributed by atoms with E-state index in [1.54, 1.807) is 7.11 Å². The fourth-order valence-corrected chi connectivity index (χ4v) is 3.63. The Kier molecular flexibility index (Phi) is 16.4. The van der Waals surface area contributed by atoms with E-state index in [1.165, 1.54) is 121 Å². The smallest absolute Gasteiger partial charge is 0.0462 e. The zero-order valence-corrected chi connectivity index (χ0v) is 17.0. The van der Waals surface area contributed by atoms with Crippen molar-refractivity contribution in [2.24, 2.45) is 5.10 Å². The van der Waals surface area contributed by atoms with Gasteiger partial charge in [-0.3, -0.25) is 0 Å². The van der Waals surface area contributed by atoms with Crippen molar-refractivity contribution in [2.75, 3.05) is 20.3 Å². The summed E-state index contributed by atoms with van der Waals surface area (Å²) in [5, 5.41) is 4.74. The van der Waals surface area contributed by atoms with Crippen LogP contribution in [0.3, 0.4) is 0 Å². The van der Waals surface area contributed by atoms with Crippen molar-refractivity contribution in [1.29, 1.82) is 0 Å². The molecule has 1 fully saturated rings. The lowest BCUT2D eigenvalue weighted by molar-refractivity contribution is 0.192. The molecule has 1 N–H and O–H groups in total. The highest BCUT2D eigenvalue weighted by Crippen LogP contribution is 2.15. The molecule has 0 aromatic heterocycles. The first-order chi connectivity index (χ1) is 12.4. The van der Waals surface area contributed by atoms with Crippen molar-refractivity contribution in [2.45, 2.75) is 116 Å². The molecule has 0 radical (unpaired) electrons. The first-order valence-electron chi connectivity index (χ1n) is 11.2. The van der Waals surface area contributed by atoms with Crippen molar-refractivity contribution in [3.05, 3.63) is 0 Å². The lowest BCUT2D eigenvalue weighted by Crippen LogP contribution is -2.12. The second-order valence-corrected chi connectivity index (χ2v) is 7.74. The van der Waals surface area contributed by atoms with Gasteiger partial charge in [0.25, 0.3) is 0 Å². The van der Waals surface area contributed by atoms with E-state index in [0.717, 1.165) is 13.2 Å². The molecular formula is C22H44N2O. The van der Waals surface area contributed by atoms with Crippen molar-refractivity contribution < 1.29 is 4.74 Å². The highest BCUT2D eigenvalue weighted by Gasteiger charge is 2.03. The number of nitrogens with zero attached hydrogens (tertiary/aromatic N) is 1. The van der Waals surface area contributed by atoms with Gasteiger partial charge >= 0.3 is 0 Å². The average Bonchev–Trinajstić information content (AvgIpc) is 2.65. The number of hydrogen-bond acceptors (Lipinski definition) is 3. The second-order valence-electron chi connectivity index (χ2n) is 7.74. The summed E-state index contributed by atoms with van der Waals surface area (Å²) in [4.78, 5) is 0. The molecule has 148 valence electrons. The highest BCUT2D eigenvalue weighted by atomic mass is 16.5. The van der Waals surface area contributed by atoms with Crippen LogP contribution in [-0.2, 0) is 4.74 Å². The molecule has 0 unspecified atom stereocenters. The minimum Gasteiger partial charge on any atom is -0.385 e. The first-order valence-corrected chi connectivity index (χ1v) is 11.2. The van der Waals surface area contributed by atoms with Gasteiger partial charge in [0.15, 0.2) is 0 Å². The maximum Gasteiger partial charge on any atom is 0.0462 e. The van der Waals surface area contributed by atoms with E-state index >= 15 is 0 Å². The van der Waals surface area contributed by atoms with Crippen LogP contribution >= 0.6 is 0 Å². The van der Waals surface area contributed by atoms with E-state index in [1.807, 2.05) is 0 Å². The minimum atomic E-state index is 0.916. The summed E-state index contributed by atoms with van der Waals surface area (Å²) in [6.07, 6.45) is 24.3. The Bertz CT molecular complexity index is 288. The van der Waals surface area contributed by atoms with Gasteiger partial charge in [0.05, 0.1) is 0 Å². The third-order valence-corrected chi connectivity index (χ3v) is 5.30. The lowest BCUT2D eigenvalue weighted by atomic mass is 10.0. The molecule has 0 amide bonds. The fraction of sp³-hybridized carbons (Fsp3) is 0.955. The summed E-state index contributed by atoms with van der Waals surface area (Å²) in [6, 6.07) is 0. The summed E-state index contributed by atoms with van der Waals surface area (Å²) >= 11 is 0. The summed E-state index contributed by atoms with van der Waals surface area (Å²) in [6.45, 7) is 1.96. The third kappa shape index (κ3) is 15.4. The SMILES string of the molecule is COCCCCCCCCNN=C1CCCCCCCCCCCC1. The number of hydrazone groups is 1. The van der Waals surface area contributed by atoms with E-state index in [2.05, 4.69) is 5.43 Å². The van der Waals surface area contributed by atoms with E-state index in [9.17, 15) is 0 Å². The van der Waals surface area contributed by atoms with E-state index in [0.29, 0.717) is 0 Å². The molecule has 3 heteroatoms. The zero-order valence-electron chi connectivity index (χ0n) is 17.0. The third-order valence-electron chi connectivity index (χ3n) is 5.30. The van der Waals surface area contributed by atoms with Crippen molar-refractivity contribution in [3.63, 3.8) is 0 Å². The van der Waals surface area contributed by atoms with Crippen LogP contribution in [0.15, 0.2) is 5.10 Å². The number of ether oxygens (including phenoxy) is 1. The van der Waals surface area contributed by atoms with Crippen LogP contribution in [0.5, 0.6) is 0 Å². The van der Waals surface area contributed by atoms with Crippen LogP contribution in [0.25, 0.3) is 0 Å². The van der Waals surface area contributed by atoms with Gasteiger partial charge in [-0.15, -0.1) is 0 Å². The Hall–Kier alpha value is -0.570. The highest BCUT2D eigenvalue weighted by molar-refractivity contribution is 5.84. The zero-order chi connectivity index (χ0) is 17.8. The van der Waals surface area contributed by atoms with Crippen molar-refractivity contribution in [3.8, 4) is 0 Å². The van der Waals surface area contributed by atoms with Crippen LogP contribution in [0.2, 0.25) is 0 Å². The predicted molar refractivity (Wildman–Crippen MR) is 110 cm³/mol. The van der Waals surface area contributed by atoms with E-state index in [-0.39, 0.29) is 0 Å². The number of hydrogen-bond donors (Lipinski definition) is 1. The Balaban J connectivity index is 2.08. The van der Waals surface area contributed by atoms with Crippen molar-refractivity contribution >= 4 is 5.71 Å². The first kappa shape index (κ1) is 22.5. The van der Waals surface area contributed by atoms with Gasteiger partial charge in [-0.25, -0.2) is 0 Å². The Morgan fingerprint density at radius 3 is 1.72 bits per heavy atom. The largest absolute Gasteiger partial charge is 0.385 e. The molecule has 1 saturated carbocycles. The van der Waals surface area contributed by atoms with Crippen LogP contribution < -0.4 is 5.43 Å². The van der Waals surface area contributed by atoms with Gasteiger partial charge in [0, 0.05) is 26.0 Å². The van der Waals surface area contributed by atoms with Gasteiger partial charge in [-0.2, -0.15) is 5.10 Å². The Morgan fingerprint density at radius 1 is 0.680 bits per heavy atom. The molecule has 3 nitrogen and oxygen atoms in total. The van der Waals surface area contributed by atoms with Gasteiger partial charge in [-0.05, 0) is 38.5 Å². The fourth-order valence-electron chi connectivity index (χ4n) is 3.63. The molecule has 0 aromatic carbocycles. The molecule has 1 aliphatic rings. The monoisotopic (exact) mass is 352 g/mol. The van der Waals surface area contributed by atoms with E-state index in [4.69, 9.17) is 9.84 Å². The maximum absolute atomic E-state index is 5.09.